The van der Waals surface area contributed by atoms with Gasteiger partial charge in [0, 0.05) is 18.2 Å². The Balaban J connectivity index is 2.89. The highest BCUT2D eigenvalue weighted by atomic mass is 19.1. The Labute approximate surface area is 107 Å². The predicted octanol–water partition coefficient (Wildman–Crippen LogP) is 2.26. The second-order valence-corrected chi connectivity index (χ2v) is 4.49. The summed E-state index contributed by atoms with van der Waals surface area (Å²) in [6.07, 6.45) is -0.901. The van der Waals surface area contributed by atoms with Gasteiger partial charge in [0.15, 0.2) is 0 Å². The minimum atomic E-state index is -0.901. The third-order valence-electron chi connectivity index (χ3n) is 2.88. The number of rotatable bonds is 5. The molecule has 0 aliphatic rings. The fourth-order valence-electron chi connectivity index (χ4n) is 1.51. The molecule has 18 heavy (non-hydrogen) atoms. The van der Waals surface area contributed by atoms with Crippen molar-refractivity contribution in [3.8, 4) is 0 Å². The van der Waals surface area contributed by atoms with Crippen LogP contribution in [0.15, 0.2) is 18.2 Å². The van der Waals surface area contributed by atoms with Gasteiger partial charge in [0.05, 0.1) is 0 Å². The summed E-state index contributed by atoms with van der Waals surface area (Å²) in [5.41, 5.74) is 6.07. The molecular weight excluding hydrogens is 235 g/mol. The van der Waals surface area contributed by atoms with Gasteiger partial charge in [-0.1, -0.05) is 12.1 Å². The van der Waals surface area contributed by atoms with Gasteiger partial charge < -0.3 is 10.5 Å². The Bertz CT molecular complexity index is 421. The van der Waals surface area contributed by atoms with E-state index in [0.717, 1.165) is 5.56 Å². The number of hydrogen-bond donors (Lipinski definition) is 1. The van der Waals surface area contributed by atoms with Crippen LogP contribution in [0.2, 0.25) is 0 Å². The Morgan fingerprint density at radius 2 is 2.17 bits per heavy atom. The van der Waals surface area contributed by atoms with Crippen molar-refractivity contribution < 1.29 is 13.9 Å². The van der Waals surface area contributed by atoms with Crippen molar-refractivity contribution in [2.24, 2.45) is 5.73 Å². The number of carbonyl (C=O) groups excluding carboxylic acids is 1. The molecule has 1 aromatic rings. The number of nitrogens with two attached hydrogens (primary N) is 1. The lowest BCUT2D eigenvalue weighted by Gasteiger charge is -2.22. The van der Waals surface area contributed by atoms with E-state index in [9.17, 15) is 9.18 Å². The molecule has 0 aliphatic heterocycles. The number of nitrogens with zero attached hydrogens (tertiary/aromatic N) is 1. The van der Waals surface area contributed by atoms with Gasteiger partial charge in [-0.05, 0) is 32.5 Å². The summed E-state index contributed by atoms with van der Waals surface area (Å²) in [5.74, 6) is -0.383. The van der Waals surface area contributed by atoms with Crippen LogP contribution in [-0.4, -0.2) is 24.1 Å². The summed E-state index contributed by atoms with van der Waals surface area (Å²) in [6, 6.07) is 5.16. The maximum absolute atomic E-state index is 13.7. The van der Waals surface area contributed by atoms with Crippen molar-refractivity contribution in [2.45, 2.75) is 33.0 Å². The van der Waals surface area contributed by atoms with Gasteiger partial charge in [-0.2, -0.15) is 0 Å². The summed E-state index contributed by atoms with van der Waals surface area (Å²) in [6.45, 7) is 4.56. The Morgan fingerprint density at radius 1 is 1.50 bits per heavy atom. The van der Waals surface area contributed by atoms with Crippen LogP contribution < -0.4 is 5.73 Å². The van der Waals surface area contributed by atoms with Gasteiger partial charge in [-0.3, -0.25) is 4.90 Å². The second kappa shape index (κ2) is 6.35. The van der Waals surface area contributed by atoms with Gasteiger partial charge in [0.2, 0.25) is 0 Å². The lowest BCUT2D eigenvalue weighted by atomic mass is 10.1. The molecular formula is C13H19FN2O2. The van der Waals surface area contributed by atoms with E-state index < -0.39 is 6.09 Å². The number of primary amides is 1. The van der Waals surface area contributed by atoms with Crippen LogP contribution in [-0.2, 0) is 17.9 Å². The minimum absolute atomic E-state index is 0.136. The quantitative estimate of drug-likeness (QED) is 0.876. The monoisotopic (exact) mass is 254 g/mol. The van der Waals surface area contributed by atoms with E-state index in [2.05, 4.69) is 23.5 Å². The standard InChI is InChI=1S/C13H19FN2O2/c1-9(2)16(3)7-10-5-4-6-12(14)11(10)8-18-13(15)17/h4-6,9H,7-8H2,1-3H3,(H2,15,17). The molecule has 0 bridgehead atoms. The smallest absolute Gasteiger partial charge is 0.404 e. The molecule has 1 amide bonds. The molecule has 5 heteroatoms. The highest BCUT2D eigenvalue weighted by molar-refractivity contribution is 5.64. The number of ether oxygens (including phenoxy) is 1. The minimum Gasteiger partial charge on any atom is -0.445 e. The van der Waals surface area contributed by atoms with Crippen molar-refractivity contribution in [1.29, 1.82) is 0 Å². The van der Waals surface area contributed by atoms with Crippen LogP contribution in [0.3, 0.4) is 0 Å². The molecule has 0 aliphatic carbocycles. The van der Waals surface area contributed by atoms with E-state index in [1.807, 2.05) is 13.1 Å². The van der Waals surface area contributed by atoms with Gasteiger partial charge >= 0.3 is 6.09 Å². The summed E-state index contributed by atoms with van der Waals surface area (Å²) in [5, 5.41) is 0. The van der Waals surface area contributed by atoms with Crippen LogP contribution in [0, 0.1) is 5.82 Å². The molecule has 0 saturated carbocycles. The zero-order valence-corrected chi connectivity index (χ0v) is 10.9. The first-order valence-corrected chi connectivity index (χ1v) is 5.80. The molecule has 0 radical (unpaired) electrons. The van der Waals surface area contributed by atoms with Crippen molar-refractivity contribution in [2.75, 3.05) is 7.05 Å². The highest BCUT2D eigenvalue weighted by Gasteiger charge is 2.13. The van der Waals surface area contributed by atoms with Crippen molar-refractivity contribution in [3.05, 3.63) is 35.1 Å². The second-order valence-electron chi connectivity index (χ2n) is 4.49. The van der Waals surface area contributed by atoms with Crippen molar-refractivity contribution in [3.63, 3.8) is 0 Å². The van der Waals surface area contributed by atoms with Gasteiger partial charge in [0.25, 0.3) is 0 Å². The molecule has 2 N–H and O–H groups in total. The summed E-state index contributed by atoms with van der Waals surface area (Å²) in [4.78, 5) is 12.7. The van der Waals surface area contributed by atoms with Crippen molar-refractivity contribution >= 4 is 6.09 Å². The fraction of sp³-hybridized carbons (Fsp3) is 0.462. The number of benzene rings is 1. The largest absolute Gasteiger partial charge is 0.445 e. The van der Waals surface area contributed by atoms with Crippen LogP contribution >= 0.6 is 0 Å². The summed E-state index contributed by atoms with van der Waals surface area (Å²) >= 11 is 0. The number of amides is 1. The molecule has 0 fully saturated rings. The molecule has 0 aromatic heterocycles. The summed E-state index contributed by atoms with van der Waals surface area (Å²) < 4.78 is 18.4. The average Bonchev–Trinajstić information content (AvgIpc) is 2.27. The van der Waals surface area contributed by atoms with E-state index >= 15 is 0 Å². The fourth-order valence-corrected chi connectivity index (χ4v) is 1.51. The molecule has 100 valence electrons. The van der Waals surface area contributed by atoms with Gasteiger partial charge in [-0.25, -0.2) is 9.18 Å². The Kier molecular flexibility index (Phi) is 5.09. The third kappa shape index (κ3) is 4.00. The molecule has 0 unspecified atom stereocenters. The molecule has 0 saturated heterocycles. The number of hydrogen-bond acceptors (Lipinski definition) is 3. The lowest BCUT2D eigenvalue weighted by Crippen LogP contribution is -2.26. The Morgan fingerprint density at radius 3 is 2.72 bits per heavy atom. The maximum Gasteiger partial charge on any atom is 0.404 e. The summed E-state index contributed by atoms with van der Waals surface area (Å²) in [7, 11) is 1.95. The van der Waals surface area contributed by atoms with E-state index in [1.165, 1.54) is 6.07 Å². The topological polar surface area (TPSA) is 55.6 Å². The normalized spacial score (nSPS) is 11.0. The Hall–Kier alpha value is -1.62. The van der Waals surface area contributed by atoms with Crippen LogP contribution in [0.25, 0.3) is 0 Å². The van der Waals surface area contributed by atoms with Crippen LogP contribution in [0.1, 0.15) is 25.0 Å². The molecule has 0 heterocycles. The van der Waals surface area contributed by atoms with E-state index in [1.54, 1.807) is 6.07 Å². The predicted molar refractivity (Wildman–Crippen MR) is 67.4 cm³/mol. The first-order chi connectivity index (χ1) is 8.41. The molecule has 0 spiro atoms. The SMILES string of the molecule is CC(C)N(C)Cc1cccc(F)c1COC(N)=O. The van der Waals surface area contributed by atoms with Gasteiger partial charge in [-0.15, -0.1) is 0 Å². The maximum atomic E-state index is 13.7. The zero-order chi connectivity index (χ0) is 13.7. The van der Waals surface area contributed by atoms with Crippen LogP contribution in [0.4, 0.5) is 9.18 Å². The average molecular weight is 254 g/mol. The van der Waals surface area contributed by atoms with E-state index in [0.29, 0.717) is 18.2 Å². The molecule has 4 nitrogen and oxygen atoms in total. The zero-order valence-electron chi connectivity index (χ0n) is 10.9. The first kappa shape index (κ1) is 14.4. The molecule has 1 rings (SSSR count). The van der Waals surface area contributed by atoms with E-state index in [4.69, 9.17) is 5.73 Å². The van der Waals surface area contributed by atoms with Gasteiger partial charge in [0.1, 0.15) is 12.4 Å². The van der Waals surface area contributed by atoms with Crippen molar-refractivity contribution in [1.82, 2.24) is 4.90 Å². The molecule has 0 atom stereocenters. The first-order valence-electron chi connectivity index (χ1n) is 5.80. The molecule has 1 aromatic carbocycles. The lowest BCUT2D eigenvalue weighted by molar-refractivity contribution is 0.148. The number of halogens is 1. The van der Waals surface area contributed by atoms with E-state index in [-0.39, 0.29) is 12.4 Å². The van der Waals surface area contributed by atoms with Crippen LogP contribution in [0.5, 0.6) is 0 Å². The number of carbonyl (C=O) groups is 1. The highest BCUT2D eigenvalue weighted by Crippen LogP contribution is 2.17. The third-order valence-corrected chi connectivity index (χ3v) is 2.88.